The summed E-state index contributed by atoms with van der Waals surface area (Å²) in [6.07, 6.45) is 5.95. The molecule has 25 heavy (non-hydrogen) atoms. The number of hydrogen-bond donors (Lipinski definition) is 2. The molecule has 6 heteroatoms. The molecule has 0 bridgehead atoms. The summed E-state index contributed by atoms with van der Waals surface area (Å²) < 4.78 is 1.60. The number of hydrogen-bond acceptors (Lipinski definition) is 3. The topological polar surface area (TPSA) is 76.0 Å². The average Bonchev–Trinajstić information content (AvgIpc) is 3.07. The van der Waals surface area contributed by atoms with Gasteiger partial charge in [-0.15, -0.1) is 0 Å². The Labute approximate surface area is 147 Å². The summed E-state index contributed by atoms with van der Waals surface area (Å²) in [5, 5.41) is 10.3. The van der Waals surface area contributed by atoms with Gasteiger partial charge in [-0.3, -0.25) is 9.59 Å². The number of nitrogens with zero attached hydrogens (tertiary/aromatic N) is 2. The van der Waals surface area contributed by atoms with E-state index in [2.05, 4.69) is 15.7 Å². The molecule has 132 valence electrons. The van der Waals surface area contributed by atoms with Crippen LogP contribution in [0.2, 0.25) is 0 Å². The maximum atomic E-state index is 12.6. The van der Waals surface area contributed by atoms with Gasteiger partial charge in [0.05, 0.1) is 5.69 Å². The van der Waals surface area contributed by atoms with Gasteiger partial charge in [-0.1, -0.05) is 44.4 Å². The maximum absolute atomic E-state index is 12.6. The quantitative estimate of drug-likeness (QED) is 0.877. The molecule has 0 spiro atoms. The Morgan fingerprint density at radius 1 is 1.16 bits per heavy atom. The molecule has 1 saturated carbocycles. The van der Waals surface area contributed by atoms with Crippen molar-refractivity contribution in [3.63, 3.8) is 0 Å². The highest BCUT2D eigenvalue weighted by molar-refractivity contribution is 5.95. The van der Waals surface area contributed by atoms with Crippen LogP contribution in [0, 0.1) is 0 Å². The number of para-hydroxylation sites is 1. The van der Waals surface area contributed by atoms with Crippen LogP contribution in [0.25, 0.3) is 5.69 Å². The molecule has 0 unspecified atom stereocenters. The molecule has 0 aliphatic heterocycles. The third-order valence-corrected chi connectivity index (χ3v) is 4.47. The smallest absolute Gasteiger partial charge is 0.272 e. The summed E-state index contributed by atoms with van der Waals surface area (Å²) in [5.74, 6) is 0.205. The van der Waals surface area contributed by atoms with Crippen LogP contribution in [-0.2, 0) is 4.79 Å². The van der Waals surface area contributed by atoms with E-state index in [4.69, 9.17) is 0 Å². The molecular formula is C19H24N4O2. The van der Waals surface area contributed by atoms with E-state index in [-0.39, 0.29) is 17.9 Å². The van der Waals surface area contributed by atoms with Crippen molar-refractivity contribution in [2.75, 3.05) is 5.32 Å². The summed E-state index contributed by atoms with van der Waals surface area (Å²) in [4.78, 5) is 24.4. The Hall–Kier alpha value is -2.63. The van der Waals surface area contributed by atoms with E-state index in [1.54, 1.807) is 17.7 Å². The fourth-order valence-corrected chi connectivity index (χ4v) is 3.08. The fraction of sp³-hybridized carbons (Fsp3) is 0.421. The first-order chi connectivity index (χ1) is 12.2. The molecule has 1 aliphatic rings. The monoisotopic (exact) mass is 340 g/mol. The summed E-state index contributed by atoms with van der Waals surface area (Å²) in [5.41, 5.74) is 1.12. The van der Waals surface area contributed by atoms with Gasteiger partial charge in [0, 0.05) is 18.5 Å². The van der Waals surface area contributed by atoms with Gasteiger partial charge < -0.3 is 10.6 Å². The SMILES string of the molecule is CCC(=O)Nc1cc(C(=O)NC2CCCCC2)nn1-c1ccccc1. The number of rotatable bonds is 5. The zero-order valence-corrected chi connectivity index (χ0v) is 14.5. The van der Waals surface area contributed by atoms with Gasteiger partial charge in [0.15, 0.2) is 5.69 Å². The molecule has 2 N–H and O–H groups in total. The van der Waals surface area contributed by atoms with E-state index >= 15 is 0 Å². The average molecular weight is 340 g/mol. The van der Waals surface area contributed by atoms with Gasteiger partial charge >= 0.3 is 0 Å². The van der Waals surface area contributed by atoms with Crippen LogP contribution in [-0.4, -0.2) is 27.6 Å². The maximum Gasteiger partial charge on any atom is 0.272 e. The van der Waals surface area contributed by atoms with Crippen LogP contribution in [0.1, 0.15) is 55.9 Å². The molecule has 1 heterocycles. The molecule has 1 fully saturated rings. The molecule has 1 aromatic heterocycles. The van der Waals surface area contributed by atoms with Crippen molar-refractivity contribution in [2.45, 2.75) is 51.5 Å². The molecule has 1 aliphatic carbocycles. The summed E-state index contributed by atoms with van der Waals surface area (Å²) in [6, 6.07) is 11.3. The lowest BCUT2D eigenvalue weighted by atomic mass is 9.95. The number of nitrogens with one attached hydrogen (secondary N) is 2. The molecule has 6 nitrogen and oxygen atoms in total. The lowest BCUT2D eigenvalue weighted by Crippen LogP contribution is -2.36. The second-order valence-electron chi connectivity index (χ2n) is 6.37. The van der Waals surface area contributed by atoms with E-state index in [9.17, 15) is 9.59 Å². The van der Waals surface area contributed by atoms with Crippen LogP contribution in [0.15, 0.2) is 36.4 Å². The van der Waals surface area contributed by atoms with E-state index in [0.29, 0.717) is 17.9 Å². The second kappa shape index (κ2) is 7.96. The van der Waals surface area contributed by atoms with Gasteiger partial charge in [-0.25, -0.2) is 4.68 Å². The Balaban J connectivity index is 1.84. The van der Waals surface area contributed by atoms with Crippen molar-refractivity contribution in [3.8, 4) is 5.69 Å². The van der Waals surface area contributed by atoms with Gasteiger partial charge in [0.2, 0.25) is 5.91 Å². The minimum atomic E-state index is -0.187. The third kappa shape index (κ3) is 4.26. The van der Waals surface area contributed by atoms with Gasteiger partial charge in [-0.05, 0) is 25.0 Å². The molecule has 2 aromatic rings. The molecule has 2 amide bonds. The van der Waals surface area contributed by atoms with Crippen molar-refractivity contribution in [2.24, 2.45) is 0 Å². The van der Waals surface area contributed by atoms with E-state index < -0.39 is 0 Å². The first kappa shape index (κ1) is 17.2. The predicted molar refractivity (Wildman–Crippen MR) is 96.8 cm³/mol. The van der Waals surface area contributed by atoms with E-state index in [1.165, 1.54) is 6.42 Å². The summed E-state index contributed by atoms with van der Waals surface area (Å²) in [6.45, 7) is 1.79. The Kier molecular flexibility index (Phi) is 5.48. The highest BCUT2D eigenvalue weighted by Crippen LogP contribution is 2.20. The molecule has 3 rings (SSSR count). The predicted octanol–water partition coefficient (Wildman–Crippen LogP) is 3.28. The Morgan fingerprint density at radius 2 is 1.88 bits per heavy atom. The number of benzene rings is 1. The minimum Gasteiger partial charge on any atom is -0.348 e. The zero-order valence-electron chi connectivity index (χ0n) is 14.5. The highest BCUT2D eigenvalue weighted by Gasteiger charge is 2.20. The molecule has 0 radical (unpaired) electrons. The van der Waals surface area contributed by atoms with E-state index in [1.807, 2.05) is 30.3 Å². The van der Waals surface area contributed by atoms with E-state index in [0.717, 1.165) is 31.4 Å². The number of amides is 2. The van der Waals surface area contributed by atoms with Crippen LogP contribution in [0.3, 0.4) is 0 Å². The van der Waals surface area contributed by atoms with Crippen molar-refractivity contribution >= 4 is 17.6 Å². The third-order valence-electron chi connectivity index (χ3n) is 4.47. The first-order valence-corrected chi connectivity index (χ1v) is 8.93. The summed E-state index contributed by atoms with van der Waals surface area (Å²) in [7, 11) is 0. The van der Waals surface area contributed by atoms with Crippen molar-refractivity contribution in [3.05, 3.63) is 42.1 Å². The van der Waals surface area contributed by atoms with Gasteiger partial charge in [0.1, 0.15) is 5.82 Å². The van der Waals surface area contributed by atoms with Crippen LogP contribution in [0.5, 0.6) is 0 Å². The van der Waals surface area contributed by atoms with Crippen LogP contribution < -0.4 is 10.6 Å². The number of anilines is 1. The van der Waals surface area contributed by atoms with Gasteiger partial charge in [-0.2, -0.15) is 5.10 Å². The normalized spacial score (nSPS) is 14.9. The standard InChI is InChI=1S/C19H24N4O2/c1-2-18(24)21-17-13-16(19(25)20-14-9-5-3-6-10-14)22-23(17)15-11-7-4-8-12-15/h4,7-8,11-14H,2-3,5-6,9-10H2,1H3,(H,20,25)(H,21,24). The Bertz CT molecular complexity index is 733. The number of carbonyl (C=O) groups excluding carboxylic acids is 2. The lowest BCUT2D eigenvalue weighted by molar-refractivity contribution is -0.115. The van der Waals surface area contributed by atoms with Crippen molar-refractivity contribution in [1.29, 1.82) is 0 Å². The minimum absolute atomic E-state index is 0.115. The first-order valence-electron chi connectivity index (χ1n) is 8.93. The largest absolute Gasteiger partial charge is 0.348 e. The molecular weight excluding hydrogens is 316 g/mol. The number of aromatic nitrogens is 2. The fourth-order valence-electron chi connectivity index (χ4n) is 3.08. The van der Waals surface area contributed by atoms with Crippen molar-refractivity contribution < 1.29 is 9.59 Å². The highest BCUT2D eigenvalue weighted by atomic mass is 16.2. The van der Waals surface area contributed by atoms with Gasteiger partial charge in [0.25, 0.3) is 5.91 Å². The second-order valence-corrected chi connectivity index (χ2v) is 6.37. The molecule has 1 aromatic carbocycles. The molecule has 0 saturated heterocycles. The Morgan fingerprint density at radius 3 is 2.56 bits per heavy atom. The van der Waals surface area contributed by atoms with Crippen LogP contribution >= 0.6 is 0 Å². The van der Waals surface area contributed by atoms with Crippen molar-refractivity contribution in [1.82, 2.24) is 15.1 Å². The van der Waals surface area contributed by atoms with Crippen LogP contribution in [0.4, 0.5) is 5.82 Å². The molecule has 0 atom stereocenters. The number of carbonyl (C=O) groups is 2. The lowest BCUT2D eigenvalue weighted by Gasteiger charge is -2.22. The zero-order chi connectivity index (χ0) is 17.6. The summed E-state index contributed by atoms with van der Waals surface area (Å²) >= 11 is 0.